The lowest BCUT2D eigenvalue weighted by atomic mass is 9.85. The van der Waals surface area contributed by atoms with Crippen molar-refractivity contribution in [2.45, 2.75) is 64.7 Å². The molecule has 0 saturated carbocycles. The van der Waals surface area contributed by atoms with E-state index in [4.69, 9.17) is 0 Å². The van der Waals surface area contributed by atoms with Crippen LogP contribution in [0.1, 0.15) is 53.4 Å². The van der Waals surface area contributed by atoms with Crippen LogP contribution < -0.4 is 0 Å². The third kappa shape index (κ3) is 5.02. The van der Waals surface area contributed by atoms with Gasteiger partial charge in [0, 0.05) is 24.4 Å². The highest BCUT2D eigenvalue weighted by Gasteiger charge is 2.30. The van der Waals surface area contributed by atoms with E-state index < -0.39 is 11.0 Å². The van der Waals surface area contributed by atoms with Crippen molar-refractivity contribution >= 4 is 11.0 Å². The summed E-state index contributed by atoms with van der Waals surface area (Å²) in [7, 11) is -0.775. The average molecular weight is 319 g/mol. The van der Waals surface area contributed by atoms with Crippen LogP contribution in [0.15, 0.2) is 0 Å². The van der Waals surface area contributed by atoms with Crippen molar-refractivity contribution in [2.75, 3.05) is 26.2 Å². The van der Waals surface area contributed by atoms with Crippen molar-refractivity contribution in [3.05, 3.63) is 0 Å². The largest absolute Gasteiger partial charge is 0.412 e. The normalized spacial score (nSPS) is 25.2. The molecule has 0 spiro atoms. The summed E-state index contributed by atoms with van der Waals surface area (Å²) in [6.45, 7) is 13.4. The molecule has 0 aromatic rings. The molecule has 4 nitrogen and oxygen atoms in total. The summed E-state index contributed by atoms with van der Waals surface area (Å²) >= 11 is 0. The first-order chi connectivity index (χ1) is 9.49. The van der Waals surface area contributed by atoms with E-state index in [2.05, 4.69) is 36.9 Å². The van der Waals surface area contributed by atoms with Gasteiger partial charge in [-0.05, 0) is 64.5 Å². The lowest BCUT2D eigenvalue weighted by Gasteiger charge is -2.42. The van der Waals surface area contributed by atoms with E-state index in [0.717, 1.165) is 31.0 Å². The molecule has 0 aromatic carbocycles. The predicted octanol–water partition coefficient (Wildman–Crippen LogP) is 2.07. The summed E-state index contributed by atoms with van der Waals surface area (Å²) in [5, 5.41) is 0.258. The Morgan fingerprint density at radius 1 is 0.905 bits per heavy atom. The third-order valence-electron chi connectivity index (χ3n) is 5.11. The van der Waals surface area contributed by atoms with Crippen LogP contribution in [-0.2, 0) is 11.0 Å². The molecule has 2 heterocycles. The molecule has 0 aliphatic carbocycles. The fraction of sp³-hybridized carbons (Fsp3) is 1.00. The van der Waals surface area contributed by atoms with E-state index >= 15 is 0 Å². The maximum Gasteiger partial charge on any atom is 0.0968 e. The SMILES string of the molecule is CC(C)C1CCN(C2CCN(S(=O)C(C)C)CC2)CC1.O. The van der Waals surface area contributed by atoms with Gasteiger partial charge in [0.15, 0.2) is 0 Å². The number of likely N-dealkylation sites (tertiary alicyclic amines) is 1. The molecule has 2 aliphatic rings. The van der Waals surface area contributed by atoms with Crippen LogP contribution in [0, 0.1) is 11.8 Å². The molecule has 21 heavy (non-hydrogen) atoms. The molecule has 2 rings (SSSR count). The standard InChI is InChI=1S/C16H32N2OS.H2O/c1-13(2)15-5-9-17(10-6-15)16-7-11-18(12-8-16)20(19)14(3)4;/h13-16H,5-12H2,1-4H3;1H2. The summed E-state index contributed by atoms with van der Waals surface area (Å²) in [6, 6.07) is 0.739. The molecule has 126 valence electrons. The first-order valence-corrected chi connectivity index (χ1v) is 9.55. The van der Waals surface area contributed by atoms with Gasteiger partial charge in [0.1, 0.15) is 0 Å². The summed E-state index contributed by atoms with van der Waals surface area (Å²) < 4.78 is 14.3. The molecule has 0 aromatic heterocycles. The van der Waals surface area contributed by atoms with Crippen molar-refractivity contribution in [3.8, 4) is 0 Å². The number of nitrogens with zero attached hydrogens (tertiary/aromatic N) is 2. The molecular formula is C16H34N2O2S. The molecule has 0 radical (unpaired) electrons. The minimum atomic E-state index is -0.775. The molecule has 2 N–H and O–H groups in total. The Morgan fingerprint density at radius 3 is 1.86 bits per heavy atom. The maximum atomic E-state index is 12.1. The summed E-state index contributed by atoms with van der Waals surface area (Å²) in [5.74, 6) is 1.77. The van der Waals surface area contributed by atoms with Gasteiger partial charge >= 0.3 is 0 Å². The van der Waals surface area contributed by atoms with Crippen LogP contribution >= 0.6 is 0 Å². The van der Waals surface area contributed by atoms with Crippen molar-refractivity contribution in [3.63, 3.8) is 0 Å². The molecule has 2 fully saturated rings. The van der Waals surface area contributed by atoms with E-state index in [1.54, 1.807) is 0 Å². The molecule has 5 heteroatoms. The maximum absolute atomic E-state index is 12.1. The van der Waals surface area contributed by atoms with Gasteiger partial charge in [0.05, 0.1) is 11.0 Å². The molecule has 0 amide bonds. The van der Waals surface area contributed by atoms with Crippen LogP contribution in [0.5, 0.6) is 0 Å². The zero-order valence-corrected chi connectivity index (χ0v) is 15.0. The van der Waals surface area contributed by atoms with Gasteiger partial charge in [-0.1, -0.05) is 13.8 Å². The van der Waals surface area contributed by atoms with E-state index in [1.165, 1.54) is 38.8 Å². The van der Waals surface area contributed by atoms with E-state index in [9.17, 15) is 4.21 Å². The fourth-order valence-electron chi connectivity index (χ4n) is 3.64. The fourth-order valence-corrected chi connectivity index (χ4v) is 4.80. The van der Waals surface area contributed by atoms with Crippen molar-refractivity contribution in [2.24, 2.45) is 11.8 Å². The van der Waals surface area contributed by atoms with Crippen molar-refractivity contribution in [1.29, 1.82) is 0 Å². The zero-order valence-electron chi connectivity index (χ0n) is 14.2. The van der Waals surface area contributed by atoms with Crippen molar-refractivity contribution < 1.29 is 9.69 Å². The monoisotopic (exact) mass is 318 g/mol. The second-order valence-electron chi connectivity index (χ2n) is 7.10. The summed E-state index contributed by atoms with van der Waals surface area (Å²) in [5.41, 5.74) is 0. The molecule has 2 aliphatic heterocycles. The van der Waals surface area contributed by atoms with Gasteiger partial charge in [0.2, 0.25) is 0 Å². The minimum absolute atomic E-state index is 0. The second kappa shape index (κ2) is 8.61. The molecule has 0 bridgehead atoms. The summed E-state index contributed by atoms with van der Waals surface area (Å²) in [4.78, 5) is 2.70. The second-order valence-corrected chi connectivity index (χ2v) is 9.11. The topological polar surface area (TPSA) is 55.0 Å². The number of rotatable bonds is 4. The van der Waals surface area contributed by atoms with Gasteiger partial charge in [-0.2, -0.15) is 0 Å². The quantitative estimate of drug-likeness (QED) is 0.797. The first kappa shape index (κ1) is 19.1. The predicted molar refractivity (Wildman–Crippen MR) is 90.6 cm³/mol. The van der Waals surface area contributed by atoms with Gasteiger partial charge in [0.25, 0.3) is 0 Å². The minimum Gasteiger partial charge on any atom is -0.412 e. The highest BCUT2D eigenvalue weighted by atomic mass is 32.2. The van der Waals surface area contributed by atoms with Crippen LogP contribution in [0.3, 0.4) is 0 Å². The Kier molecular flexibility index (Phi) is 7.82. The Bertz CT molecular complexity index is 320. The highest BCUT2D eigenvalue weighted by molar-refractivity contribution is 7.83. The Morgan fingerprint density at radius 2 is 1.43 bits per heavy atom. The molecular weight excluding hydrogens is 284 g/mol. The Labute approximate surface area is 133 Å². The number of hydrogen-bond acceptors (Lipinski definition) is 2. The first-order valence-electron chi connectivity index (χ1n) is 8.38. The van der Waals surface area contributed by atoms with Crippen molar-refractivity contribution in [1.82, 2.24) is 9.21 Å². The smallest absolute Gasteiger partial charge is 0.0968 e. The van der Waals surface area contributed by atoms with Gasteiger partial charge in [-0.15, -0.1) is 0 Å². The van der Waals surface area contributed by atoms with E-state index in [-0.39, 0.29) is 10.7 Å². The van der Waals surface area contributed by atoms with Crippen LogP contribution in [0.2, 0.25) is 0 Å². The Balaban J connectivity index is 0.00000220. The van der Waals surface area contributed by atoms with E-state index in [1.807, 2.05) is 0 Å². The Hall–Kier alpha value is 0.0300. The van der Waals surface area contributed by atoms with Crippen LogP contribution in [0.4, 0.5) is 0 Å². The molecule has 1 unspecified atom stereocenters. The van der Waals surface area contributed by atoms with Gasteiger partial charge in [-0.3, -0.25) is 0 Å². The molecule has 2 saturated heterocycles. The third-order valence-corrected chi connectivity index (χ3v) is 6.80. The highest BCUT2D eigenvalue weighted by Crippen LogP contribution is 2.28. The van der Waals surface area contributed by atoms with E-state index in [0.29, 0.717) is 0 Å². The van der Waals surface area contributed by atoms with Crippen LogP contribution in [-0.4, -0.2) is 56.4 Å². The lowest BCUT2D eigenvalue weighted by molar-refractivity contribution is 0.0862. The number of piperidine rings is 2. The van der Waals surface area contributed by atoms with Gasteiger partial charge in [-0.25, -0.2) is 8.51 Å². The van der Waals surface area contributed by atoms with Gasteiger partial charge < -0.3 is 10.4 Å². The molecule has 1 atom stereocenters. The van der Waals surface area contributed by atoms with Crippen LogP contribution in [0.25, 0.3) is 0 Å². The summed E-state index contributed by atoms with van der Waals surface area (Å²) in [6.07, 6.45) is 5.14. The lowest BCUT2D eigenvalue weighted by Crippen LogP contribution is -2.49. The zero-order chi connectivity index (χ0) is 14.7. The average Bonchev–Trinajstić information content (AvgIpc) is 2.46. The number of hydrogen-bond donors (Lipinski definition) is 0.